The van der Waals surface area contributed by atoms with E-state index in [1.165, 1.54) is 29.0 Å². The third-order valence-electron chi connectivity index (χ3n) is 4.98. The first-order valence-corrected chi connectivity index (χ1v) is 8.91. The van der Waals surface area contributed by atoms with Crippen molar-refractivity contribution in [2.24, 2.45) is 0 Å². The number of alkyl halides is 3. The fourth-order valence-electron chi connectivity index (χ4n) is 3.62. The molecule has 0 aliphatic heterocycles. The molecule has 2 heterocycles. The molecule has 0 saturated carbocycles. The van der Waals surface area contributed by atoms with Gasteiger partial charge >= 0.3 is 6.18 Å². The van der Waals surface area contributed by atoms with Crippen LogP contribution >= 0.6 is 0 Å². The van der Waals surface area contributed by atoms with E-state index in [9.17, 15) is 18.0 Å². The second-order valence-corrected chi connectivity index (χ2v) is 7.93. The maximum absolute atomic E-state index is 14.0. The summed E-state index contributed by atoms with van der Waals surface area (Å²) in [6.07, 6.45) is -1.38. The average Bonchev–Trinajstić information content (AvgIpc) is 3.04. The van der Waals surface area contributed by atoms with Crippen molar-refractivity contribution in [3.8, 4) is 5.69 Å². The van der Waals surface area contributed by atoms with Gasteiger partial charge in [0.1, 0.15) is 0 Å². The van der Waals surface area contributed by atoms with Crippen LogP contribution in [0.3, 0.4) is 0 Å². The first-order valence-electron chi connectivity index (χ1n) is 8.91. The Morgan fingerprint density at radius 2 is 1.64 bits per heavy atom. The van der Waals surface area contributed by atoms with Crippen LogP contribution in [0.25, 0.3) is 27.5 Å². The zero-order valence-corrected chi connectivity index (χ0v) is 15.7. The van der Waals surface area contributed by atoms with Crippen molar-refractivity contribution in [3.63, 3.8) is 0 Å². The number of benzene rings is 2. The standard InChI is InChI=1S/C22H19F3N2O/c1-21(2,3)16-12-26-17-11-19(15(10-14(16)17)22(23,24)25)27-9-8-20(28)13-6-4-5-7-18(13)27/h4-12,26H,1-3H3. The first kappa shape index (κ1) is 18.3. The molecule has 0 fully saturated rings. The Bertz CT molecular complexity index is 1260. The van der Waals surface area contributed by atoms with Crippen LogP contribution in [0.5, 0.6) is 0 Å². The summed E-state index contributed by atoms with van der Waals surface area (Å²) in [6.45, 7) is 5.89. The molecule has 28 heavy (non-hydrogen) atoms. The van der Waals surface area contributed by atoms with Crippen molar-refractivity contribution >= 4 is 21.8 Å². The Morgan fingerprint density at radius 1 is 0.929 bits per heavy atom. The summed E-state index contributed by atoms with van der Waals surface area (Å²) in [7, 11) is 0. The van der Waals surface area contributed by atoms with Gasteiger partial charge in [-0.2, -0.15) is 13.2 Å². The quantitative estimate of drug-likeness (QED) is 0.443. The van der Waals surface area contributed by atoms with E-state index in [1.807, 2.05) is 20.8 Å². The highest BCUT2D eigenvalue weighted by Crippen LogP contribution is 2.39. The number of aromatic nitrogens is 2. The molecule has 0 bridgehead atoms. The number of halogens is 3. The van der Waals surface area contributed by atoms with E-state index >= 15 is 0 Å². The third kappa shape index (κ3) is 2.89. The van der Waals surface area contributed by atoms with Crippen LogP contribution in [0.1, 0.15) is 31.9 Å². The van der Waals surface area contributed by atoms with Crippen LogP contribution in [0.15, 0.2) is 59.7 Å². The number of nitrogens with zero attached hydrogens (tertiary/aromatic N) is 1. The number of hydrogen-bond donors (Lipinski definition) is 1. The molecule has 2 aromatic heterocycles. The number of fused-ring (bicyclic) bond motifs is 2. The lowest BCUT2D eigenvalue weighted by atomic mass is 9.86. The van der Waals surface area contributed by atoms with Crippen molar-refractivity contribution in [3.05, 3.63) is 76.2 Å². The minimum Gasteiger partial charge on any atom is -0.361 e. The largest absolute Gasteiger partial charge is 0.418 e. The fourth-order valence-corrected chi connectivity index (χ4v) is 3.62. The van der Waals surface area contributed by atoms with Crippen LogP contribution < -0.4 is 5.43 Å². The average molecular weight is 384 g/mol. The summed E-state index contributed by atoms with van der Waals surface area (Å²) in [5, 5.41) is 0.925. The highest BCUT2D eigenvalue weighted by molar-refractivity contribution is 5.89. The number of para-hydroxylation sites is 1. The maximum atomic E-state index is 14.0. The highest BCUT2D eigenvalue weighted by atomic mass is 19.4. The van der Waals surface area contributed by atoms with Gasteiger partial charge in [-0.05, 0) is 35.2 Å². The van der Waals surface area contributed by atoms with Crippen molar-refractivity contribution in [1.82, 2.24) is 9.55 Å². The second kappa shape index (κ2) is 5.99. The van der Waals surface area contributed by atoms with Gasteiger partial charge in [-0.15, -0.1) is 0 Å². The van der Waals surface area contributed by atoms with Gasteiger partial charge in [0.05, 0.1) is 16.8 Å². The van der Waals surface area contributed by atoms with Gasteiger partial charge in [0.25, 0.3) is 0 Å². The topological polar surface area (TPSA) is 37.8 Å². The Hall–Kier alpha value is -3.02. The molecular weight excluding hydrogens is 365 g/mol. The minimum atomic E-state index is -4.54. The molecule has 0 unspecified atom stereocenters. The molecule has 0 aliphatic rings. The molecule has 2 aromatic carbocycles. The molecule has 0 atom stereocenters. The molecule has 0 aliphatic carbocycles. The van der Waals surface area contributed by atoms with E-state index in [1.54, 1.807) is 30.5 Å². The van der Waals surface area contributed by atoms with E-state index in [2.05, 4.69) is 4.98 Å². The number of hydrogen-bond acceptors (Lipinski definition) is 1. The molecule has 4 aromatic rings. The van der Waals surface area contributed by atoms with Crippen molar-refractivity contribution in [2.75, 3.05) is 0 Å². The molecule has 3 nitrogen and oxygen atoms in total. The lowest BCUT2D eigenvalue weighted by molar-refractivity contribution is -0.137. The normalized spacial score (nSPS) is 12.8. The predicted octanol–water partition coefficient (Wildman–Crippen LogP) is 5.79. The predicted molar refractivity (Wildman–Crippen MR) is 105 cm³/mol. The Labute approximate surface area is 159 Å². The summed E-state index contributed by atoms with van der Waals surface area (Å²) in [4.78, 5) is 15.2. The van der Waals surface area contributed by atoms with Crippen LogP contribution in [0, 0.1) is 0 Å². The zero-order valence-electron chi connectivity index (χ0n) is 15.7. The fraction of sp³-hybridized carbons (Fsp3) is 0.227. The first-order chi connectivity index (χ1) is 13.1. The highest BCUT2D eigenvalue weighted by Gasteiger charge is 2.35. The van der Waals surface area contributed by atoms with E-state index in [4.69, 9.17) is 0 Å². The molecule has 0 radical (unpaired) electrons. The van der Waals surface area contributed by atoms with E-state index in [-0.39, 0.29) is 16.5 Å². The Morgan fingerprint density at radius 3 is 2.32 bits per heavy atom. The number of H-pyrrole nitrogens is 1. The van der Waals surface area contributed by atoms with Crippen LogP contribution in [-0.2, 0) is 11.6 Å². The molecule has 1 N–H and O–H groups in total. The summed E-state index contributed by atoms with van der Waals surface area (Å²) in [6, 6.07) is 10.7. The Kier molecular flexibility index (Phi) is 3.93. The SMILES string of the molecule is CC(C)(C)c1c[nH]c2cc(-n3ccc(=O)c4ccccc43)c(C(F)(F)F)cc12. The van der Waals surface area contributed by atoms with Gasteiger partial charge in [0, 0.05) is 34.7 Å². The van der Waals surface area contributed by atoms with Gasteiger partial charge in [0.2, 0.25) is 0 Å². The number of rotatable bonds is 1. The van der Waals surface area contributed by atoms with Gasteiger partial charge in [-0.3, -0.25) is 4.79 Å². The number of nitrogens with one attached hydrogen (secondary N) is 1. The summed E-state index contributed by atoms with van der Waals surface area (Å²) in [5.41, 5.74) is 0.600. The molecule has 4 rings (SSSR count). The van der Waals surface area contributed by atoms with E-state index in [0.717, 1.165) is 5.56 Å². The maximum Gasteiger partial charge on any atom is 0.418 e. The van der Waals surface area contributed by atoms with Crippen LogP contribution in [0.4, 0.5) is 13.2 Å². The van der Waals surface area contributed by atoms with Gasteiger partial charge in [-0.1, -0.05) is 32.9 Å². The van der Waals surface area contributed by atoms with Crippen LogP contribution in [-0.4, -0.2) is 9.55 Å². The third-order valence-corrected chi connectivity index (χ3v) is 4.98. The molecule has 0 saturated heterocycles. The minimum absolute atomic E-state index is 0.0153. The van der Waals surface area contributed by atoms with Crippen molar-refractivity contribution in [1.29, 1.82) is 0 Å². The zero-order chi connectivity index (χ0) is 20.3. The molecule has 0 amide bonds. The van der Waals surface area contributed by atoms with E-state index < -0.39 is 11.7 Å². The number of aromatic amines is 1. The summed E-state index contributed by atoms with van der Waals surface area (Å²) in [5.74, 6) is 0. The van der Waals surface area contributed by atoms with Gasteiger partial charge in [0.15, 0.2) is 5.43 Å². The molecule has 6 heteroatoms. The smallest absolute Gasteiger partial charge is 0.361 e. The molecule has 144 valence electrons. The van der Waals surface area contributed by atoms with Crippen molar-refractivity contribution in [2.45, 2.75) is 32.4 Å². The monoisotopic (exact) mass is 384 g/mol. The van der Waals surface area contributed by atoms with Crippen molar-refractivity contribution < 1.29 is 13.2 Å². The van der Waals surface area contributed by atoms with Crippen LogP contribution in [0.2, 0.25) is 0 Å². The molecule has 0 spiro atoms. The number of pyridine rings is 1. The Balaban J connectivity index is 2.11. The van der Waals surface area contributed by atoms with Gasteiger partial charge in [-0.25, -0.2) is 0 Å². The second-order valence-electron chi connectivity index (χ2n) is 7.93. The van der Waals surface area contributed by atoms with Gasteiger partial charge < -0.3 is 9.55 Å². The van der Waals surface area contributed by atoms with E-state index in [0.29, 0.717) is 21.8 Å². The lowest BCUT2D eigenvalue weighted by Gasteiger charge is -2.20. The molecular formula is C22H19F3N2O. The summed E-state index contributed by atoms with van der Waals surface area (Å²) < 4.78 is 43.4. The summed E-state index contributed by atoms with van der Waals surface area (Å²) >= 11 is 0. The lowest BCUT2D eigenvalue weighted by Crippen LogP contribution is -2.14.